The van der Waals surface area contributed by atoms with E-state index in [0.29, 0.717) is 11.6 Å². The third-order valence-corrected chi connectivity index (χ3v) is 4.45. The third kappa shape index (κ3) is 3.98. The first kappa shape index (κ1) is 18.4. The molecule has 0 atom stereocenters. The standard InChI is InChI=1S/C22H19N5O2/c1-28-17-10-7-16(8-11-17)20-14-24-27-22(25-20)26-23-13-19-18-6-4-3-5-15(18)9-12-21(19)29-2/h3-14H,1-2H3,(H,25,26,27)/b23-13-. The van der Waals surface area contributed by atoms with Gasteiger partial charge in [0, 0.05) is 11.1 Å². The molecule has 0 saturated carbocycles. The summed E-state index contributed by atoms with van der Waals surface area (Å²) < 4.78 is 10.7. The molecule has 0 aliphatic heterocycles. The van der Waals surface area contributed by atoms with E-state index in [1.165, 1.54) is 0 Å². The number of methoxy groups -OCH3 is 2. The van der Waals surface area contributed by atoms with Crippen molar-refractivity contribution in [2.24, 2.45) is 5.10 Å². The fourth-order valence-corrected chi connectivity index (χ4v) is 2.99. The Balaban J connectivity index is 1.58. The Morgan fingerprint density at radius 1 is 0.931 bits per heavy atom. The maximum Gasteiger partial charge on any atom is 0.263 e. The first-order chi connectivity index (χ1) is 14.3. The van der Waals surface area contributed by atoms with Gasteiger partial charge in [-0.05, 0) is 41.1 Å². The molecular formula is C22H19N5O2. The zero-order valence-electron chi connectivity index (χ0n) is 16.0. The first-order valence-corrected chi connectivity index (χ1v) is 8.97. The normalized spacial score (nSPS) is 11.0. The number of anilines is 1. The monoisotopic (exact) mass is 385 g/mol. The van der Waals surface area contributed by atoms with Crippen molar-refractivity contribution >= 4 is 22.9 Å². The SMILES string of the molecule is COc1ccc(-c2cnnc(N/N=C\c3c(OC)ccc4ccccc34)n2)cc1. The minimum Gasteiger partial charge on any atom is -0.497 e. The Morgan fingerprint density at radius 3 is 2.55 bits per heavy atom. The van der Waals surface area contributed by atoms with Gasteiger partial charge in [0.1, 0.15) is 11.5 Å². The molecule has 7 heteroatoms. The molecule has 144 valence electrons. The number of fused-ring (bicyclic) bond motifs is 1. The van der Waals surface area contributed by atoms with Crippen molar-refractivity contribution < 1.29 is 9.47 Å². The molecule has 4 aromatic rings. The highest BCUT2D eigenvalue weighted by molar-refractivity contribution is 6.02. The van der Waals surface area contributed by atoms with Crippen LogP contribution >= 0.6 is 0 Å². The Hall–Kier alpha value is -4.00. The Morgan fingerprint density at radius 2 is 1.76 bits per heavy atom. The van der Waals surface area contributed by atoms with E-state index < -0.39 is 0 Å². The predicted octanol–water partition coefficient (Wildman–Crippen LogP) is 4.16. The van der Waals surface area contributed by atoms with Crippen molar-refractivity contribution in [2.45, 2.75) is 0 Å². The zero-order valence-corrected chi connectivity index (χ0v) is 16.0. The molecule has 3 aromatic carbocycles. The number of ether oxygens (including phenoxy) is 2. The fraction of sp³-hybridized carbons (Fsp3) is 0.0909. The minimum atomic E-state index is 0.300. The summed E-state index contributed by atoms with van der Waals surface area (Å²) in [6.07, 6.45) is 3.30. The average Bonchev–Trinajstić information content (AvgIpc) is 2.79. The van der Waals surface area contributed by atoms with E-state index >= 15 is 0 Å². The summed E-state index contributed by atoms with van der Waals surface area (Å²) in [6, 6.07) is 19.6. The van der Waals surface area contributed by atoms with Crippen LogP contribution < -0.4 is 14.9 Å². The van der Waals surface area contributed by atoms with Crippen molar-refractivity contribution in [3.05, 3.63) is 72.4 Å². The second-order valence-electron chi connectivity index (χ2n) is 6.17. The molecule has 0 bridgehead atoms. The van der Waals surface area contributed by atoms with Crippen LogP contribution in [0, 0.1) is 0 Å². The van der Waals surface area contributed by atoms with Gasteiger partial charge in [-0.15, -0.1) is 5.10 Å². The summed E-state index contributed by atoms with van der Waals surface area (Å²) in [7, 11) is 3.27. The quantitative estimate of drug-likeness (QED) is 0.397. The number of hydrazone groups is 1. The van der Waals surface area contributed by atoms with Crippen molar-refractivity contribution in [2.75, 3.05) is 19.6 Å². The maximum atomic E-state index is 5.48. The Bertz CT molecular complexity index is 1160. The van der Waals surface area contributed by atoms with Crippen LogP contribution in [0.3, 0.4) is 0 Å². The van der Waals surface area contributed by atoms with E-state index in [2.05, 4.69) is 25.7 Å². The molecule has 4 rings (SSSR count). The van der Waals surface area contributed by atoms with Gasteiger partial charge in [0.15, 0.2) is 0 Å². The van der Waals surface area contributed by atoms with Gasteiger partial charge in [-0.25, -0.2) is 10.4 Å². The summed E-state index contributed by atoms with van der Waals surface area (Å²) >= 11 is 0. The maximum absolute atomic E-state index is 5.48. The van der Waals surface area contributed by atoms with Crippen LogP contribution in [-0.4, -0.2) is 35.6 Å². The molecule has 7 nitrogen and oxygen atoms in total. The van der Waals surface area contributed by atoms with E-state index in [-0.39, 0.29) is 0 Å². The number of hydrogen-bond donors (Lipinski definition) is 1. The molecule has 1 N–H and O–H groups in total. The second-order valence-corrected chi connectivity index (χ2v) is 6.17. The van der Waals surface area contributed by atoms with E-state index in [0.717, 1.165) is 33.4 Å². The van der Waals surface area contributed by atoms with Crippen molar-refractivity contribution in [3.63, 3.8) is 0 Å². The lowest BCUT2D eigenvalue weighted by Gasteiger charge is -2.08. The van der Waals surface area contributed by atoms with E-state index in [9.17, 15) is 0 Å². The van der Waals surface area contributed by atoms with Crippen LogP contribution in [0.4, 0.5) is 5.95 Å². The molecule has 1 aromatic heterocycles. The molecule has 1 heterocycles. The van der Waals surface area contributed by atoms with E-state index in [1.807, 2.05) is 60.7 Å². The van der Waals surface area contributed by atoms with Gasteiger partial charge < -0.3 is 9.47 Å². The third-order valence-electron chi connectivity index (χ3n) is 4.45. The van der Waals surface area contributed by atoms with Crippen molar-refractivity contribution in [1.82, 2.24) is 15.2 Å². The number of hydrogen-bond acceptors (Lipinski definition) is 7. The topological polar surface area (TPSA) is 81.5 Å². The lowest BCUT2D eigenvalue weighted by Crippen LogP contribution is -2.01. The summed E-state index contributed by atoms with van der Waals surface area (Å²) in [4.78, 5) is 4.46. The lowest BCUT2D eigenvalue weighted by molar-refractivity contribution is 0.414. The summed E-state index contributed by atoms with van der Waals surface area (Å²) in [5.41, 5.74) is 5.31. The molecule has 0 saturated heterocycles. The first-order valence-electron chi connectivity index (χ1n) is 8.97. The van der Waals surface area contributed by atoms with Crippen LogP contribution in [0.2, 0.25) is 0 Å². The average molecular weight is 385 g/mol. The molecular weight excluding hydrogens is 366 g/mol. The zero-order chi connectivity index (χ0) is 20.1. The summed E-state index contributed by atoms with van der Waals surface area (Å²) in [6.45, 7) is 0. The van der Waals surface area contributed by atoms with Crippen LogP contribution in [0.5, 0.6) is 11.5 Å². The van der Waals surface area contributed by atoms with Gasteiger partial charge in [0.05, 0.1) is 32.3 Å². The van der Waals surface area contributed by atoms with Crippen LogP contribution in [0.25, 0.3) is 22.0 Å². The molecule has 0 fully saturated rings. The number of nitrogens with one attached hydrogen (secondary N) is 1. The highest BCUT2D eigenvalue weighted by atomic mass is 16.5. The van der Waals surface area contributed by atoms with Gasteiger partial charge in [0.25, 0.3) is 5.95 Å². The second kappa shape index (κ2) is 8.35. The van der Waals surface area contributed by atoms with Gasteiger partial charge >= 0.3 is 0 Å². The molecule has 0 spiro atoms. The van der Waals surface area contributed by atoms with Gasteiger partial charge in [-0.1, -0.05) is 30.3 Å². The van der Waals surface area contributed by atoms with Crippen LogP contribution in [0.15, 0.2) is 72.0 Å². The van der Waals surface area contributed by atoms with Gasteiger partial charge in [0.2, 0.25) is 0 Å². The van der Waals surface area contributed by atoms with E-state index in [1.54, 1.807) is 26.6 Å². The molecule has 0 aliphatic carbocycles. The molecule has 29 heavy (non-hydrogen) atoms. The van der Waals surface area contributed by atoms with Crippen LogP contribution in [-0.2, 0) is 0 Å². The largest absolute Gasteiger partial charge is 0.497 e. The smallest absolute Gasteiger partial charge is 0.263 e. The molecule has 0 aliphatic rings. The number of nitrogens with zero attached hydrogens (tertiary/aromatic N) is 4. The van der Waals surface area contributed by atoms with Gasteiger partial charge in [-0.3, -0.25) is 0 Å². The fourth-order valence-electron chi connectivity index (χ4n) is 2.99. The lowest BCUT2D eigenvalue weighted by atomic mass is 10.0. The predicted molar refractivity (Wildman–Crippen MR) is 114 cm³/mol. The number of benzene rings is 3. The van der Waals surface area contributed by atoms with E-state index in [4.69, 9.17) is 9.47 Å². The molecule has 0 radical (unpaired) electrons. The number of aromatic nitrogens is 3. The number of rotatable bonds is 6. The van der Waals surface area contributed by atoms with Crippen LogP contribution in [0.1, 0.15) is 5.56 Å². The minimum absolute atomic E-state index is 0.300. The summed E-state index contributed by atoms with van der Waals surface area (Å²) in [5.74, 6) is 1.82. The molecule has 0 unspecified atom stereocenters. The van der Waals surface area contributed by atoms with Crippen molar-refractivity contribution in [3.8, 4) is 22.8 Å². The highest BCUT2D eigenvalue weighted by Crippen LogP contribution is 2.26. The Labute approximate surface area is 168 Å². The highest BCUT2D eigenvalue weighted by Gasteiger charge is 2.07. The van der Waals surface area contributed by atoms with Crippen molar-refractivity contribution in [1.29, 1.82) is 0 Å². The summed E-state index contributed by atoms with van der Waals surface area (Å²) in [5, 5.41) is 14.4. The Kier molecular flexibility index (Phi) is 5.29. The van der Waals surface area contributed by atoms with Gasteiger partial charge in [-0.2, -0.15) is 10.2 Å². The molecule has 0 amide bonds.